The number of hydrogen-bond donors (Lipinski definition) is 1. The third-order valence-electron chi connectivity index (χ3n) is 8.57. The van der Waals surface area contributed by atoms with E-state index in [1.807, 2.05) is 6.92 Å². The monoisotopic (exact) mass is 569 g/mol. The predicted octanol–water partition coefficient (Wildman–Crippen LogP) is 4.06. The van der Waals surface area contributed by atoms with Crippen LogP contribution >= 0.6 is 0 Å². The molecule has 0 bridgehead atoms. The zero-order valence-corrected chi connectivity index (χ0v) is 25.7. The van der Waals surface area contributed by atoms with E-state index in [2.05, 4.69) is 6.92 Å². The molecule has 1 aliphatic rings. The second kappa shape index (κ2) is 16.1. The molecule has 1 fully saturated rings. The minimum atomic E-state index is -1.67. The summed E-state index contributed by atoms with van der Waals surface area (Å²) in [6, 6.07) is 0. The third kappa shape index (κ3) is 8.75. The lowest BCUT2D eigenvalue weighted by Gasteiger charge is -2.41. The summed E-state index contributed by atoms with van der Waals surface area (Å²) >= 11 is 0. The largest absolute Gasteiger partial charge is 0.469 e. The van der Waals surface area contributed by atoms with E-state index in [0.29, 0.717) is 25.8 Å². The maximum absolute atomic E-state index is 13.4. The second-order valence-corrected chi connectivity index (χ2v) is 11.6. The van der Waals surface area contributed by atoms with Gasteiger partial charge in [0.1, 0.15) is 6.61 Å². The van der Waals surface area contributed by atoms with Gasteiger partial charge in [0.2, 0.25) is 5.91 Å². The average Bonchev–Trinajstić information content (AvgIpc) is 3.37. The minimum Gasteiger partial charge on any atom is -0.469 e. The van der Waals surface area contributed by atoms with Crippen molar-refractivity contribution < 1.29 is 43.3 Å². The summed E-state index contributed by atoms with van der Waals surface area (Å²) < 4.78 is 16.4. The molecule has 0 aromatic rings. The molecule has 1 rings (SSSR count). The topological polar surface area (TPSA) is 137 Å². The van der Waals surface area contributed by atoms with E-state index in [1.165, 1.54) is 25.9 Å². The summed E-state index contributed by atoms with van der Waals surface area (Å²) in [6.45, 7) is 11.9. The second-order valence-electron chi connectivity index (χ2n) is 11.6. The van der Waals surface area contributed by atoms with Crippen molar-refractivity contribution in [2.75, 3.05) is 26.9 Å². The number of rotatable bonds is 18. The van der Waals surface area contributed by atoms with E-state index in [-0.39, 0.29) is 24.9 Å². The van der Waals surface area contributed by atoms with Gasteiger partial charge in [0, 0.05) is 18.9 Å². The van der Waals surface area contributed by atoms with E-state index in [0.717, 1.165) is 25.7 Å². The van der Waals surface area contributed by atoms with Crippen molar-refractivity contribution in [3.05, 3.63) is 0 Å². The number of ether oxygens (including phenoxy) is 3. The molecule has 0 aliphatic carbocycles. The van der Waals surface area contributed by atoms with Gasteiger partial charge in [-0.1, -0.05) is 47.0 Å². The van der Waals surface area contributed by atoms with Crippen LogP contribution in [0.4, 0.5) is 0 Å². The number of amides is 1. The molecular weight excluding hydrogens is 518 g/mol. The van der Waals surface area contributed by atoms with Crippen LogP contribution < -0.4 is 0 Å². The van der Waals surface area contributed by atoms with Crippen LogP contribution in [-0.4, -0.2) is 72.7 Å². The summed E-state index contributed by atoms with van der Waals surface area (Å²) in [5.41, 5.74) is -2.85. The van der Waals surface area contributed by atoms with E-state index in [4.69, 9.17) is 14.2 Å². The highest BCUT2D eigenvalue weighted by Gasteiger charge is 2.55. The molecule has 0 radical (unpaired) electrons. The van der Waals surface area contributed by atoms with Crippen molar-refractivity contribution in [3.8, 4) is 0 Å². The molecule has 40 heavy (non-hydrogen) atoms. The van der Waals surface area contributed by atoms with E-state index in [1.54, 1.807) is 20.8 Å². The number of unbranched alkanes of at least 4 members (excludes halogenated alkanes) is 1. The predicted molar refractivity (Wildman–Crippen MR) is 149 cm³/mol. The van der Waals surface area contributed by atoms with Crippen LogP contribution in [0.25, 0.3) is 0 Å². The molecule has 10 heteroatoms. The number of aliphatic hydroxyl groups excluding tert-OH is 1. The van der Waals surface area contributed by atoms with Crippen molar-refractivity contribution in [2.45, 2.75) is 106 Å². The summed E-state index contributed by atoms with van der Waals surface area (Å²) in [5.74, 6) is -5.27. The van der Waals surface area contributed by atoms with E-state index in [9.17, 15) is 29.1 Å². The molecule has 230 valence electrons. The number of nitrogens with zero attached hydrogens (tertiary/aromatic N) is 1. The van der Waals surface area contributed by atoms with Crippen LogP contribution in [0.3, 0.4) is 0 Å². The molecule has 0 saturated carbocycles. The first kappa shape index (κ1) is 35.5. The van der Waals surface area contributed by atoms with Gasteiger partial charge in [-0.3, -0.25) is 24.0 Å². The number of esters is 3. The molecular formula is C30H51NO9. The highest BCUT2D eigenvalue weighted by atomic mass is 16.6. The lowest BCUT2D eigenvalue weighted by molar-refractivity contribution is -0.177. The fourth-order valence-electron chi connectivity index (χ4n) is 5.77. The van der Waals surface area contributed by atoms with Gasteiger partial charge >= 0.3 is 17.9 Å². The van der Waals surface area contributed by atoms with Gasteiger partial charge in [0.15, 0.2) is 12.0 Å². The van der Waals surface area contributed by atoms with Crippen molar-refractivity contribution in [2.24, 2.45) is 28.6 Å². The first-order valence-corrected chi connectivity index (χ1v) is 14.6. The van der Waals surface area contributed by atoms with Crippen molar-refractivity contribution in [3.63, 3.8) is 0 Å². The Morgan fingerprint density at radius 1 is 1.07 bits per heavy atom. The first-order chi connectivity index (χ1) is 18.8. The fourth-order valence-corrected chi connectivity index (χ4v) is 5.77. The summed E-state index contributed by atoms with van der Waals surface area (Å²) in [6.07, 6.45) is 4.21. The highest BCUT2D eigenvalue weighted by Crippen LogP contribution is 2.46. The van der Waals surface area contributed by atoms with Gasteiger partial charge in [0.05, 0.1) is 30.5 Å². The van der Waals surface area contributed by atoms with Crippen LogP contribution in [0.1, 0.15) is 99.8 Å². The van der Waals surface area contributed by atoms with Crippen molar-refractivity contribution >= 4 is 29.6 Å². The number of likely N-dealkylation sites (tertiary alicyclic amines) is 1. The van der Waals surface area contributed by atoms with Gasteiger partial charge in [-0.2, -0.15) is 0 Å². The molecule has 0 aromatic carbocycles. The van der Waals surface area contributed by atoms with Gasteiger partial charge < -0.3 is 24.2 Å². The number of hydrogen-bond acceptors (Lipinski definition) is 9. The molecule has 6 unspecified atom stereocenters. The standard InChI is InChI=1S/C30H51NO9/c1-9-12-14-22(10-2)18-39-27(36)29(6,11-3)19-30(7,28(37)38-8)25(23(33)17-32)20(4)26(35)40-21(5)31-16-13-15-24(31)34/h20-22,25,32H,9-19H2,1-8H3. The molecule has 1 heterocycles. The third-order valence-corrected chi connectivity index (χ3v) is 8.57. The van der Waals surface area contributed by atoms with Crippen molar-refractivity contribution in [1.29, 1.82) is 0 Å². The molecule has 1 saturated heterocycles. The maximum atomic E-state index is 13.4. The zero-order valence-electron chi connectivity index (χ0n) is 25.7. The number of carbonyl (C=O) groups excluding carboxylic acids is 5. The lowest BCUT2D eigenvalue weighted by Crippen LogP contribution is -2.51. The average molecular weight is 570 g/mol. The zero-order chi connectivity index (χ0) is 30.7. The quantitative estimate of drug-likeness (QED) is 0.191. The smallest absolute Gasteiger partial charge is 0.312 e. The lowest BCUT2D eigenvalue weighted by atomic mass is 9.61. The number of ketones is 1. The van der Waals surface area contributed by atoms with Gasteiger partial charge in [0.25, 0.3) is 0 Å². The van der Waals surface area contributed by atoms with Gasteiger partial charge in [-0.15, -0.1) is 0 Å². The SMILES string of the molecule is CCCCC(CC)COC(=O)C(C)(CC)CC(C)(C(=O)OC)C(C(=O)CO)C(C)C(=O)OC(C)N1CCCC1=O. The van der Waals surface area contributed by atoms with E-state index < -0.39 is 59.2 Å². The Labute approximate surface area is 239 Å². The number of Topliss-reactive ketones (excluding diaryl/α,β-unsaturated/α-hetero) is 1. The Morgan fingerprint density at radius 2 is 1.73 bits per heavy atom. The van der Waals surface area contributed by atoms with Crippen LogP contribution in [0, 0.1) is 28.6 Å². The molecule has 1 amide bonds. The maximum Gasteiger partial charge on any atom is 0.312 e. The Kier molecular flexibility index (Phi) is 14.3. The first-order valence-electron chi connectivity index (χ1n) is 14.6. The molecule has 1 N–H and O–H groups in total. The van der Waals surface area contributed by atoms with Gasteiger partial charge in [-0.25, -0.2) is 0 Å². The Bertz CT molecular complexity index is 890. The molecule has 1 aliphatic heterocycles. The summed E-state index contributed by atoms with van der Waals surface area (Å²) in [5, 5.41) is 9.85. The highest BCUT2D eigenvalue weighted by molar-refractivity contribution is 5.94. The molecule has 0 spiro atoms. The molecule has 10 nitrogen and oxygen atoms in total. The van der Waals surface area contributed by atoms with Crippen LogP contribution in [-0.2, 0) is 38.2 Å². The molecule has 6 atom stereocenters. The Hall–Kier alpha value is -2.49. The number of methoxy groups -OCH3 is 1. The summed E-state index contributed by atoms with van der Waals surface area (Å²) in [7, 11) is 1.17. The number of aliphatic hydroxyl groups is 1. The van der Waals surface area contributed by atoms with E-state index >= 15 is 0 Å². The van der Waals surface area contributed by atoms with Gasteiger partial charge in [-0.05, 0) is 52.4 Å². The van der Waals surface area contributed by atoms with Crippen LogP contribution in [0.5, 0.6) is 0 Å². The van der Waals surface area contributed by atoms with Crippen LogP contribution in [0.15, 0.2) is 0 Å². The molecule has 0 aromatic heterocycles. The van der Waals surface area contributed by atoms with Crippen LogP contribution in [0.2, 0.25) is 0 Å². The summed E-state index contributed by atoms with van der Waals surface area (Å²) in [4.78, 5) is 66.7. The van der Waals surface area contributed by atoms with Crippen molar-refractivity contribution in [1.82, 2.24) is 4.90 Å². The fraction of sp³-hybridized carbons (Fsp3) is 0.833. The minimum absolute atomic E-state index is 0.132. The Balaban J connectivity index is 3.31. The number of carbonyl (C=O) groups is 5. The normalized spacial score (nSPS) is 19.5. The Morgan fingerprint density at radius 3 is 2.20 bits per heavy atom.